The second-order valence-corrected chi connectivity index (χ2v) is 6.67. The van der Waals surface area contributed by atoms with Gasteiger partial charge in [0.1, 0.15) is 11.6 Å². The maximum atomic E-state index is 13.2. The Morgan fingerprint density at radius 1 is 1.33 bits per heavy atom. The lowest BCUT2D eigenvalue weighted by Gasteiger charge is -2.34. The van der Waals surface area contributed by atoms with Crippen LogP contribution in [0.5, 0.6) is 5.75 Å². The predicted molar refractivity (Wildman–Crippen MR) is 94.1 cm³/mol. The lowest BCUT2D eigenvalue weighted by Crippen LogP contribution is -2.48. The molecular formula is C18H26ClFN2O2. The Hall–Kier alpha value is -1.33. The van der Waals surface area contributed by atoms with Crippen molar-refractivity contribution in [2.45, 2.75) is 44.8 Å². The van der Waals surface area contributed by atoms with Gasteiger partial charge >= 0.3 is 0 Å². The van der Waals surface area contributed by atoms with E-state index >= 15 is 0 Å². The number of carbonyl (C=O) groups excluding carboxylic acids is 1. The van der Waals surface area contributed by atoms with Crippen molar-refractivity contribution in [2.24, 2.45) is 5.92 Å². The largest absolute Gasteiger partial charge is 0.481 e. The standard InChI is InChI=1S/C18H25FN2O2.ClH/c1-13(23-17-4-2-3-15(19)11-17)18(22)21-9-7-16(8-10-21)20-12-14-5-6-14;/h2-4,11,13-14,16,20H,5-10,12H2,1H3;1H. The molecule has 6 heteroatoms. The van der Waals surface area contributed by atoms with Gasteiger partial charge in [0.25, 0.3) is 5.91 Å². The van der Waals surface area contributed by atoms with Crippen molar-refractivity contribution in [2.75, 3.05) is 19.6 Å². The molecule has 1 heterocycles. The first-order valence-corrected chi connectivity index (χ1v) is 8.56. The molecule has 3 rings (SSSR count). The van der Waals surface area contributed by atoms with E-state index in [9.17, 15) is 9.18 Å². The number of ether oxygens (including phenoxy) is 1. The summed E-state index contributed by atoms with van der Waals surface area (Å²) < 4.78 is 18.7. The number of amides is 1. The smallest absolute Gasteiger partial charge is 0.263 e. The minimum absolute atomic E-state index is 0. The predicted octanol–water partition coefficient (Wildman–Crippen LogP) is 3.01. The van der Waals surface area contributed by atoms with Crippen molar-refractivity contribution in [1.82, 2.24) is 10.2 Å². The van der Waals surface area contributed by atoms with Gasteiger partial charge in [-0.3, -0.25) is 4.79 Å². The van der Waals surface area contributed by atoms with E-state index in [1.807, 2.05) is 4.90 Å². The molecule has 1 aliphatic carbocycles. The number of piperidine rings is 1. The molecule has 1 unspecified atom stereocenters. The molecule has 24 heavy (non-hydrogen) atoms. The molecule has 0 radical (unpaired) electrons. The monoisotopic (exact) mass is 356 g/mol. The molecule has 1 aromatic carbocycles. The van der Waals surface area contributed by atoms with Gasteiger partial charge in [0.15, 0.2) is 6.10 Å². The molecular weight excluding hydrogens is 331 g/mol. The van der Waals surface area contributed by atoms with Crippen LogP contribution in [0.3, 0.4) is 0 Å². The summed E-state index contributed by atoms with van der Waals surface area (Å²) in [5.74, 6) is 0.904. The Morgan fingerprint density at radius 3 is 2.67 bits per heavy atom. The van der Waals surface area contributed by atoms with Gasteiger partial charge in [0.2, 0.25) is 0 Å². The molecule has 2 aliphatic rings. The number of nitrogens with zero attached hydrogens (tertiary/aromatic N) is 1. The van der Waals surface area contributed by atoms with Crippen molar-refractivity contribution in [3.8, 4) is 5.75 Å². The third-order valence-corrected chi connectivity index (χ3v) is 4.66. The minimum Gasteiger partial charge on any atom is -0.481 e. The molecule has 1 aliphatic heterocycles. The second-order valence-electron chi connectivity index (χ2n) is 6.67. The number of benzene rings is 1. The van der Waals surface area contributed by atoms with E-state index in [0.717, 1.165) is 38.4 Å². The third kappa shape index (κ3) is 5.35. The van der Waals surface area contributed by atoms with E-state index in [0.29, 0.717) is 11.8 Å². The number of nitrogens with one attached hydrogen (secondary N) is 1. The van der Waals surface area contributed by atoms with Gasteiger partial charge in [-0.25, -0.2) is 4.39 Å². The van der Waals surface area contributed by atoms with Crippen LogP contribution in [-0.4, -0.2) is 42.6 Å². The molecule has 1 N–H and O–H groups in total. The summed E-state index contributed by atoms with van der Waals surface area (Å²) in [6.07, 6.45) is 4.11. The van der Waals surface area contributed by atoms with E-state index in [1.165, 1.54) is 25.0 Å². The lowest BCUT2D eigenvalue weighted by atomic mass is 10.0. The topological polar surface area (TPSA) is 41.6 Å². The zero-order valence-corrected chi connectivity index (χ0v) is 14.9. The lowest BCUT2D eigenvalue weighted by molar-refractivity contribution is -0.139. The summed E-state index contributed by atoms with van der Waals surface area (Å²) in [7, 11) is 0. The average Bonchev–Trinajstić information content (AvgIpc) is 3.37. The van der Waals surface area contributed by atoms with E-state index in [1.54, 1.807) is 19.1 Å². The fourth-order valence-corrected chi connectivity index (χ4v) is 3.01. The van der Waals surface area contributed by atoms with Crippen LogP contribution in [0.15, 0.2) is 24.3 Å². The Kier molecular flexibility index (Phi) is 6.87. The van der Waals surface area contributed by atoms with Crippen molar-refractivity contribution in [1.29, 1.82) is 0 Å². The highest BCUT2D eigenvalue weighted by Gasteiger charge is 2.28. The number of carbonyl (C=O) groups is 1. The van der Waals surface area contributed by atoms with Gasteiger partial charge in [0, 0.05) is 25.2 Å². The molecule has 1 amide bonds. The van der Waals surface area contributed by atoms with E-state index in [-0.39, 0.29) is 24.1 Å². The van der Waals surface area contributed by atoms with Crippen LogP contribution in [0.25, 0.3) is 0 Å². The third-order valence-electron chi connectivity index (χ3n) is 4.66. The quantitative estimate of drug-likeness (QED) is 0.852. The molecule has 2 fully saturated rings. The first kappa shape index (κ1) is 19.0. The normalized spacial score (nSPS) is 19.5. The van der Waals surface area contributed by atoms with Crippen LogP contribution in [-0.2, 0) is 4.79 Å². The highest BCUT2D eigenvalue weighted by molar-refractivity contribution is 5.85. The Balaban J connectivity index is 0.00000208. The van der Waals surface area contributed by atoms with Gasteiger partial charge in [-0.05, 0) is 57.2 Å². The Bertz CT molecular complexity index is 546. The van der Waals surface area contributed by atoms with Gasteiger partial charge in [0.05, 0.1) is 0 Å². The van der Waals surface area contributed by atoms with Crippen molar-refractivity contribution in [3.63, 3.8) is 0 Å². The van der Waals surface area contributed by atoms with E-state index in [2.05, 4.69) is 5.32 Å². The van der Waals surface area contributed by atoms with Gasteiger partial charge < -0.3 is 15.0 Å². The van der Waals surface area contributed by atoms with Gasteiger partial charge in [-0.15, -0.1) is 12.4 Å². The fraction of sp³-hybridized carbons (Fsp3) is 0.611. The van der Waals surface area contributed by atoms with E-state index < -0.39 is 6.10 Å². The fourth-order valence-electron chi connectivity index (χ4n) is 3.01. The molecule has 1 atom stereocenters. The van der Waals surface area contributed by atoms with Crippen LogP contribution in [0.1, 0.15) is 32.6 Å². The molecule has 4 nitrogen and oxygen atoms in total. The van der Waals surface area contributed by atoms with Crippen LogP contribution >= 0.6 is 12.4 Å². The molecule has 134 valence electrons. The number of hydrogen-bond acceptors (Lipinski definition) is 3. The summed E-state index contributed by atoms with van der Waals surface area (Å²) in [5.41, 5.74) is 0. The zero-order valence-electron chi connectivity index (χ0n) is 14.0. The summed E-state index contributed by atoms with van der Waals surface area (Å²) in [5, 5.41) is 3.61. The average molecular weight is 357 g/mol. The van der Waals surface area contributed by atoms with Crippen LogP contribution in [0, 0.1) is 11.7 Å². The first-order chi connectivity index (χ1) is 11.1. The molecule has 1 saturated heterocycles. The van der Waals surface area contributed by atoms with Gasteiger partial charge in [-0.2, -0.15) is 0 Å². The number of rotatable bonds is 6. The van der Waals surface area contributed by atoms with Crippen molar-refractivity contribution >= 4 is 18.3 Å². The first-order valence-electron chi connectivity index (χ1n) is 8.56. The number of hydrogen-bond donors (Lipinski definition) is 1. The van der Waals surface area contributed by atoms with Crippen molar-refractivity contribution in [3.05, 3.63) is 30.1 Å². The summed E-state index contributed by atoms with van der Waals surface area (Å²) in [4.78, 5) is 14.3. The Morgan fingerprint density at radius 2 is 2.04 bits per heavy atom. The minimum atomic E-state index is -0.590. The van der Waals surface area contributed by atoms with E-state index in [4.69, 9.17) is 4.74 Å². The van der Waals surface area contributed by atoms with Crippen LogP contribution in [0.2, 0.25) is 0 Å². The number of likely N-dealkylation sites (tertiary alicyclic amines) is 1. The highest BCUT2D eigenvalue weighted by atomic mass is 35.5. The van der Waals surface area contributed by atoms with Crippen LogP contribution < -0.4 is 10.1 Å². The second kappa shape index (κ2) is 8.67. The molecule has 1 saturated carbocycles. The summed E-state index contributed by atoms with van der Waals surface area (Å²) in [6.45, 7) is 4.37. The van der Waals surface area contributed by atoms with Crippen molar-refractivity contribution < 1.29 is 13.9 Å². The maximum Gasteiger partial charge on any atom is 0.263 e. The maximum absolute atomic E-state index is 13.2. The highest BCUT2D eigenvalue weighted by Crippen LogP contribution is 2.28. The Labute approximate surface area is 149 Å². The molecule has 0 aromatic heterocycles. The van der Waals surface area contributed by atoms with Crippen LogP contribution in [0.4, 0.5) is 4.39 Å². The van der Waals surface area contributed by atoms with Gasteiger partial charge in [-0.1, -0.05) is 6.07 Å². The molecule has 1 aromatic rings. The number of halogens is 2. The molecule has 0 spiro atoms. The SMILES string of the molecule is CC(Oc1cccc(F)c1)C(=O)N1CCC(NCC2CC2)CC1.Cl. The summed E-state index contributed by atoms with van der Waals surface area (Å²) in [6, 6.07) is 6.44. The molecule has 0 bridgehead atoms. The zero-order chi connectivity index (χ0) is 16.2. The summed E-state index contributed by atoms with van der Waals surface area (Å²) >= 11 is 0.